The lowest BCUT2D eigenvalue weighted by molar-refractivity contribution is -0.123. The summed E-state index contributed by atoms with van der Waals surface area (Å²) in [5.74, 6) is 0.669. The lowest BCUT2D eigenvalue weighted by atomic mass is 10.1. The highest BCUT2D eigenvalue weighted by Crippen LogP contribution is 2.27. The van der Waals surface area contributed by atoms with Crippen molar-refractivity contribution in [2.45, 2.75) is 32.8 Å². The van der Waals surface area contributed by atoms with Crippen LogP contribution >= 0.6 is 15.9 Å². The molecular formula is C15H20BrNO3. The lowest BCUT2D eigenvalue weighted by Gasteiger charge is -2.14. The van der Waals surface area contributed by atoms with Gasteiger partial charge >= 0.3 is 0 Å². The molecule has 20 heavy (non-hydrogen) atoms. The van der Waals surface area contributed by atoms with Crippen molar-refractivity contribution in [1.82, 2.24) is 5.32 Å². The molecule has 0 aromatic heterocycles. The van der Waals surface area contributed by atoms with Crippen molar-refractivity contribution in [1.29, 1.82) is 0 Å². The highest BCUT2D eigenvalue weighted by atomic mass is 79.9. The van der Waals surface area contributed by atoms with Crippen LogP contribution < -0.4 is 10.1 Å². The number of amides is 1. The van der Waals surface area contributed by atoms with Crippen LogP contribution in [0.4, 0.5) is 0 Å². The molecule has 0 unspecified atom stereocenters. The Balaban J connectivity index is 1.81. The van der Waals surface area contributed by atoms with Gasteiger partial charge in [0.1, 0.15) is 5.75 Å². The van der Waals surface area contributed by atoms with Gasteiger partial charge in [-0.3, -0.25) is 4.79 Å². The maximum Gasteiger partial charge on any atom is 0.258 e. The smallest absolute Gasteiger partial charge is 0.258 e. The molecule has 0 bridgehead atoms. The molecule has 1 N–H and O–H groups in total. The molecule has 2 rings (SSSR count). The molecule has 1 aliphatic rings. The van der Waals surface area contributed by atoms with Crippen LogP contribution in [0.2, 0.25) is 0 Å². The first-order valence-electron chi connectivity index (χ1n) is 6.84. The predicted molar refractivity (Wildman–Crippen MR) is 81.1 cm³/mol. The Labute approximate surface area is 128 Å². The minimum Gasteiger partial charge on any atom is -0.483 e. The van der Waals surface area contributed by atoms with Gasteiger partial charge in [0, 0.05) is 17.6 Å². The fourth-order valence-electron chi connectivity index (χ4n) is 2.35. The predicted octanol–water partition coefficient (Wildman–Crippen LogP) is 2.74. The second kappa shape index (κ2) is 7.09. The van der Waals surface area contributed by atoms with E-state index in [1.54, 1.807) is 0 Å². The van der Waals surface area contributed by atoms with Gasteiger partial charge in [-0.15, -0.1) is 0 Å². The molecule has 110 valence electrons. The van der Waals surface area contributed by atoms with Crippen LogP contribution in [-0.4, -0.2) is 31.8 Å². The van der Waals surface area contributed by atoms with Gasteiger partial charge < -0.3 is 14.8 Å². The first-order valence-corrected chi connectivity index (χ1v) is 7.63. The van der Waals surface area contributed by atoms with Crippen molar-refractivity contribution < 1.29 is 14.3 Å². The van der Waals surface area contributed by atoms with E-state index < -0.39 is 0 Å². The average molecular weight is 342 g/mol. The minimum atomic E-state index is -0.109. The van der Waals surface area contributed by atoms with E-state index in [9.17, 15) is 4.79 Å². The van der Waals surface area contributed by atoms with Crippen LogP contribution in [0.5, 0.6) is 5.75 Å². The third-order valence-electron chi connectivity index (χ3n) is 3.32. The zero-order valence-corrected chi connectivity index (χ0v) is 13.5. The number of benzene rings is 1. The third-order valence-corrected chi connectivity index (χ3v) is 3.78. The highest BCUT2D eigenvalue weighted by molar-refractivity contribution is 9.10. The van der Waals surface area contributed by atoms with Crippen LogP contribution in [0.1, 0.15) is 24.0 Å². The molecule has 0 saturated carbocycles. The van der Waals surface area contributed by atoms with Gasteiger partial charge in [-0.1, -0.05) is 15.9 Å². The highest BCUT2D eigenvalue weighted by Gasteiger charge is 2.16. The van der Waals surface area contributed by atoms with Gasteiger partial charge in [-0.2, -0.15) is 0 Å². The van der Waals surface area contributed by atoms with E-state index in [2.05, 4.69) is 21.2 Å². The van der Waals surface area contributed by atoms with Crippen molar-refractivity contribution in [2.24, 2.45) is 0 Å². The number of nitrogens with one attached hydrogen (secondary N) is 1. The molecular weight excluding hydrogens is 322 g/mol. The molecule has 5 heteroatoms. The zero-order chi connectivity index (χ0) is 14.5. The molecule has 0 spiro atoms. The van der Waals surface area contributed by atoms with E-state index in [4.69, 9.17) is 9.47 Å². The van der Waals surface area contributed by atoms with Crippen LogP contribution in [-0.2, 0) is 9.53 Å². The van der Waals surface area contributed by atoms with Crippen molar-refractivity contribution in [2.75, 3.05) is 19.8 Å². The first kappa shape index (κ1) is 15.3. The Morgan fingerprint density at radius 1 is 1.45 bits per heavy atom. The summed E-state index contributed by atoms with van der Waals surface area (Å²) in [6.07, 6.45) is 2.26. The second-order valence-electron chi connectivity index (χ2n) is 5.10. The molecule has 1 saturated heterocycles. The SMILES string of the molecule is Cc1cc(Br)cc(C)c1OCC(=O)NC[C@@H]1CCCO1. The molecule has 1 aromatic carbocycles. The Bertz CT molecular complexity index is 461. The molecule has 4 nitrogen and oxygen atoms in total. The van der Waals surface area contributed by atoms with E-state index in [1.165, 1.54) is 0 Å². The molecule has 0 aliphatic carbocycles. The second-order valence-corrected chi connectivity index (χ2v) is 6.01. The van der Waals surface area contributed by atoms with E-state index >= 15 is 0 Å². The summed E-state index contributed by atoms with van der Waals surface area (Å²) in [5.41, 5.74) is 2.03. The van der Waals surface area contributed by atoms with Gasteiger partial charge in [0.2, 0.25) is 0 Å². The molecule has 1 heterocycles. The zero-order valence-electron chi connectivity index (χ0n) is 11.9. The molecule has 1 aromatic rings. The maximum atomic E-state index is 11.8. The Hall–Kier alpha value is -1.07. The largest absolute Gasteiger partial charge is 0.483 e. The van der Waals surface area contributed by atoms with Gasteiger partial charge in [0.25, 0.3) is 5.91 Å². The van der Waals surface area contributed by atoms with Gasteiger partial charge in [-0.05, 0) is 49.9 Å². The molecule has 1 aliphatic heterocycles. The third kappa shape index (κ3) is 4.21. The summed E-state index contributed by atoms with van der Waals surface area (Å²) in [5, 5.41) is 2.85. The summed E-state index contributed by atoms with van der Waals surface area (Å²) in [6.45, 7) is 5.35. The van der Waals surface area contributed by atoms with Crippen LogP contribution in [0.25, 0.3) is 0 Å². The number of carbonyl (C=O) groups is 1. The number of hydrogen-bond acceptors (Lipinski definition) is 3. The number of hydrogen-bond donors (Lipinski definition) is 1. The Morgan fingerprint density at radius 2 is 2.15 bits per heavy atom. The van der Waals surface area contributed by atoms with Gasteiger partial charge in [-0.25, -0.2) is 0 Å². The monoisotopic (exact) mass is 341 g/mol. The van der Waals surface area contributed by atoms with Gasteiger partial charge in [0.05, 0.1) is 6.10 Å². The lowest BCUT2D eigenvalue weighted by Crippen LogP contribution is -2.35. The fourth-order valence-corrected chi connectivity index (χ4v) is 3.03. The fraction of sp³-hybridized carbons (Fsp3) is 0.533. The Morgan fingerprint density at radius 3 is 2.75 bits per heavy atom. The number of ether oxygens (including phenoxy) is 2. The van der Waals surface area contributed by atoms with E-state index in [0.29, 0.717) is 6.54 Å². The molecule has 1 amide bonds. The van der Waals surface area contributed by atoms with Crippen molar-refractivity contribution in [3.8, 4) is 5.75 Å². The normalized spacial score (nSPS) is 18.1. The van der Waals surface area contributed by atoms with Crippen LogP contribution in [0, 0.1) is 13.8 Å². The number of carbonyl (C=O) groups excluding carboxylic acids is 1. The standard InChI is InChI=1S/C15H20BrNO3/c1-10-6-12(16)7-11(2)15(10)20-9-14(18)17-8-13-4-3-5-19-13/h6-7,13H,3-5,8-9H2,1-2H3,(H,17,18)/t13-/m0/s1. The average Bonchev–Trinajstić information content (AvgIpc) is 2.88. The number of aryl methyl sites for hydroxylation is 2. The molecule has 0 radical (unpaired) electrons. The van der Waals surface area contributed by atoms with Crippen molar-refractivity contribution >= 4 is 21.8 Å². The first-order chi connectivity index (χ1) is 9.56. The van der Waals surface area contributed by atoms with E-state index in [0.717, 1.165) is 40.8 Å². The number of halogens is 1. The van der Waals surface area contributed by atoms with Crippen molar-refractivity contribution in [3.05, 3.63) is 27.7 Å². The van der Waals surface area contributed by atoms with Gasteiger partial charge in [0.15, 0.2) is 6.61 Å². The summed E-state index contributed by atoms with van der Waals surface area (Å²) >= 11 is 3.44. The summed E-state index contributed by atoms with van der Waals surface area (Å²) in [6, 6.07) is 3.96. The Kier molecular flexibility index (Phi) is 5.43. The summed E-state index contributed by atoms with van der Waals surface area (Å²) in [4.78, 5) is 11.8. The maximum absolute atomic E-state index is 11.8. The quantitative estimate of drug-likeness (QED) is 0.895. The van der Waals surface area contributed by atoms with E-state index in [1.807, 2.05) is 26.0 Å². The summed E-state index contributed by atoms with van der Waals surface area (Å²) in [7, 11) is 0. The van der Waals surface area contributed by atoms with Crippen LogP contribution in [0.3, 0.4) is 0 Å². The number of rotatable bonds is 5. The van der Waals surface area contributed by atoms with E-state index in [-0.39, 0.29) is 18.6 Å². The minimum absolute atomic E-state index is 0.0377. The molecule has 1 fully saturated rings. The van der Waals surface area contributed by atoms with Crippen molar-refractivity contribution in [3.63, 3.8) is 0 Å². The molecule has 1 atom stereocenters. The topological polar surface area (TPSA) is 47.6 Å². The van der Waals surface area contributed by atoms with Crippen LogP contribution in [0.15, 0.2) is 16.6 Å². The summed E-state index contributed by atoms with van der Waals surface area (Å²) < 4.78 is 12.1.